The molecule has 0 unspecified atom stereocenters. The smallest absolute Gasteiger partial charge is 0.425 e. The van der Waals surface area contributed by atoms with Gasteiger partial charge in [0.1, 0.15) is 46.5 Å². The molecule has 3 aromatic heterocycles. The fraction of sp³-hybridized carbons (Fsp3) is 0.347. The van der Waals surface area contributed by atoms with Crippen LogP contribution in [-0.2, 0) is 28.7 Å². The zero-order valence-corrected chi connectivity index (χ0v) is 40.7. The Morgan fingerprint density at radius 1 is 0.812 bits per heavy atom. The van der Waals surface area contributed by atoms with Crippen molar-refractivity contribution >= 4 is 63.7 Å². The number of aromatic nitrogens is 4. The van der Waals surface area contributed by atoms with Gasteiger partial charge in [-0.1, -0.05) is 41.9 Å². The van der Waals surface area contributed by atoms with E-state index in [1.165, 1.54) is 26.5 Å². The number of hydrogen-bond donors (Lipinski definition) is 0. The predicted molar refractivity (Wildman–Crippen MR) is 254 cm³/mol. The molecule has 1 aliphatic heterocycles. The van der Waals surface area contributed by atoms with Crippen molar-refractivity contribution in [3.05, 3.63) is 117 Å². The Kier molecular flexibility index (Phi) is 14.4. The molecule has 0 N–H and O–H groups in total. The summed E-state index contributed by atoms with van der Waals surface area (Å²) in [5.41, 5.74) is -3.57. The van der Waals surface area contributed by atoms with Crippen LogP contribution >= 0.6 is 23.2 Å². The van der Waals surface area contributed by atoms with E-state index in [9.17, 15) is 9.59 Å². The van der Waals surface area contributed by atoms with Crippen LogP contribution in [-0.4, -0.2) is 70.7 Å². The largest absolute Gasteiger partial charge is 0.497 e. The lowest BCUT2D eigenvalue weighted by molar-refractivity contribution is -0.137. The van der Waals surface area contributed by atoms with E-state index in [1.807, 2.05) is 24.3 Å². The Morgan fingerprint density at radius 2 is 1.38 bits per heavy atom. The van der Waals surface area contributed by atoms with Crippen LogP contribution in [0.25, 0.3) is 22.2 Å². The molecule has 364 valence electrons. The molecule has 0 aliphatic carbocycles. The number of halogens is 6. The lowest BCUT2D eigenvalue weighted by atomic mass is 10.0. The molecule has 20 heteroatoms. The van der Waals surface area contributed by atoms with Gasteiger partial charge in [-0.25, -0.2) is 28.9 Å². The van der Waals surface area contributed by atoms with E-state index in [1.54, 1.807) is 94.7 Å². The van der Waals surface area contributed by atoms with Crippen LogP contribution in [0.2, 0.25) is 10.3 Å². The summed E-state index contributed by atoms with van der Waals surface area (Å²) in [4.78, 5) is 49.3. The number of carbonyl (C=O) groups excluding carboxylic acids is 2. The van der Waals surface area contributed by atoms with Crippen molar-refractivity contribution in [1.82, 2.24) is 19.9 Å². The van der Waals surface area contributed by atoms with Gasteiger partial charge < -0.3 is 33.5 Å². The zero-order chi connectivity index (χ0) is 50.2. The Bertz CT molecular complexity index is 2800. The quantitative estimate of drug-likeness (QED) is 0.0898. The van der Waals surface area contributed by atoms with Crippen LogP contribution in [0.15, 0.2) is 79.0 Å². The van der Waals surface area contributed by atoms with Crippen molar-refractivity contribution in [3.8, 4) is 28.5 Å². The summed E-state index contributed by atoms with van der Waals surface area (Å²) in [6.07, 6.45) is -5.79. The molecule has 0 saturated heterocycles. The second-order valence-electron chi connectivity index (χ2n) is 17.9. The molecule has 7 rings (SSSR count). The number of methoxy groups -OCH3 is 2. The molecule has 4 heterocycles. The molecule has 0 spiro atoms. The van der Waals surface area contributed by atoms with Gasteiger partial charge >= 0.3 is 18.4 Å². The molecule has 14 nitrogen and oxygen atoms in total. The van der Waals surface area contributed by atoms with Gasteiger partial charge in [0, 0.05) is 24.8 Å². The van der Waals surface area contributed by atoms with Gasteiger partial charge in [0.2, 0.25) is 5.28 Å². The summed E-state index contributed by atoms with van der Waals surface area (Å²) in [5, 5.41) is -1.10. The first kappa shape index (κ1) is 50.2. The number of benzene rings is 3. The summed E-state index contributed by atoms with van der Waals surface area (Å²) in [5.74, 6) is -0.398. The number of carbonyl (C=O) groups is 2. The van der Waals surface area contributed by atoms with Gasteiger partial charge in [0.05, 0.1) is 54.0 Å². The topological polar surface area (TPSA) is 142 Å². The summed E-state index contributed by atoms with van der Waals surface area (Å²) in [6.45, 7) is 11.7. The lowest BCUT2D eigenvalue weighted by Crippen LogP contribution is -2.45. The molecule has 0 bridgehead atoms. The number of anilines is 3. The molecule has 1 aliphatic rings. The molecule has 0 saturated carbocycles. The molecular weight excluding hydrogens is 945 g/mol. The van der Waals surface area contributed by atoms with Gasteiger partial charge in [0.15, 0.2) is 17.4 Å². The highest BCUT2D eigenvalue weighted by molar-refractivity contribution is 6.37. The van der Waals surface area contributed by atoms with Crippen molar-refractivity contribution in [1.29, 1.82) is 0 Å². The van der Waals surface area contributed by atoms with Gasteiger partial charge in [0.25, 0.3) is 0 Å². The van der Waals surface area contributed by atoms with E-state index in [4.69, 9.17) is 46.9 Å². The normalized spacial score (nSPS) is 13.3. The maximum absolute atomic E-state index is 17.6. The first-order valence-corrected chi connectivity index (χ1v) is 22.3. The predicted octanol–water partition coefficient (Wildman–Crippen LogP) is 12.4. The van der Waals surface area contributed by atoms with Crippen LogP contribution in [0.4, 0.5) is 44.6 Å². The maximum atomic E-state index is 17.6. The molecule has 6 aromatic rings. The first-order chi connectivity index (χ1) is 32.5. The number of alkyl halides is 3. The van der Waals surface area contributed by atoms with E-state index in [0.717, 1.165) is 17.2 Å². The van der Waals surface area contributed by atoms with Crippen molar-refractivity contribution in [2.24, 2.45) is 0 Å². The van der Waals surface area contributed by atoms with E-state index in [0.29, 0.717) is 16.4 Å². The highest BCUT2D eigenvalue weighted by Crippen LogP contribution is 2.51. The minimum atomic E-state index is -5.04. The average Bonchev–Trinajstić information content (AvgIpc) is 3.47. The first-order valence-electron chi connectivity index (χ1n) is 21.6. The van der Waals surface area contributed by atoms with E-state index >= 15 is 17.6 Å². The molecule has 0 fully saturated rings. The number of imide groups is 1. The summed E-state index contributed by atoms with van der Waals surface area (Å²) < 4.78 is 91.1. The van der Waals surface area contributed by atoms with Crippen LogP contribution < -0.4 is 28.9 Å². The molecule has 2 amide bonds. The monoisotopic (exact) mass is 993 g/mol. The highest BCUT2D eigenvalue weighted by Gasteiger charge is 2.41. The number of nitrogens with zero attached hydrogens (tertiary/aromatic N) is 7. The van der Waals surface area contributed by atoms with Crippen LogP contribution in [0.3, 0.4) is 0 Å². The van der Waals surface area contributed by atoms with E-state index < -0.39 is 74.1 Å². The second-order valence-corrected chi connectivity index (χ2v) is 18.6. The van der Waals surface area contributed by atoms with E-state index in [2.05, 4.69) is 19.9 Å². The van der Waals surface area contributed by atoms with Gasteiger partial charge in [-0.15, -0.1) is 0 Å². The van der Waals surface area contributed by atoms with Crippen LogP contribution in [0.1, 0.15) is 76.8 Å². The van der Waals surface area contributed by atoms with Crippen molar-refractivity contribution in [3.63, 3.8) is 0 Å². The molecule has 3 aromatic carbocycles. The number of hydrogen-bond acceptors (Lipinski definition) is 13. The summed E-state index contributed by atoms with van der Waals surface area (Å²) >= 11 is 13.6. The molecule has 1 atom stereocenters. The summed E-state index contributed by atoms with van der Waals surface area (Å²) in [7, 11) is 3.06. The highest BCUT2D eigenvalue weighted by atomic mass is 35.5. The van der Waals surface area contributed by atoms with Gasteiger partial charge in [-0.05, 0) is 114 Å². The number of pyridine rings is 2. The summed E-state index contributed by atoms with van der Waals surface area (Å²) in [6, 6.07) is 18.7. The lowest BCUT2D eigenvalue weighted by Gasteiger charge is -2.33. The fourth-order valence-corrected chi connectivity index (χ4v) is 8.11. The van der Waals surface area contributed by atoms with Crippen LogP contribution in [0, 0.1) is 5.82 Å². The number of ether oxygens (including phenoxy) is 5. The number of amides is 2. The molecule has 0 radical (unpaired) electrons. The Balaban J connectivity index is 1.38. The Labute approximate surface area is 406 Å². The van der Waals surface area contributed by atoms with E-state index in [-0.39, 0.29) is 60.4 Å². The van der Waals surface area contributed by atoms with Crippen molar-refractivity contribution < 1.29 is 50.8 Å². The van der Waals surface area contributed by atoms with Gasteiger partial charge in [-0.3, -0.25) is 0 Å². The van der Waals surface area contributed by atoms with Gasteiger partial charge in [-0.2, -0.15) is 23.1 Å². The van der Waals surface area contributed by atoms with Crippen molar-refractivity contribution in [2.45, 2.75) is 85.0 Å². The van der Waals surface area contributed by atoms with Crippen molar-refractivity contribution in [2.75, 3.05) is 42.1 Å². The molecular formula is C49H49Cl2F4N7O7. The third-order valence-electron chi connectivity index (χ3n) is 10.7. The fourth-order valence-electron chi connectivity index (χ4n) is 7.63. The third-order valence-corrected chi connectivity index (χ3v) is 11.2. The Morgan fingerprint density at radius 3 is 1.90 bits per heavy atom. The number of rotatable bonds is 11. The zero-order valence-electron chi connectivity index (χ0n) is 39.2. The van der Waals surface area contributed by atoms with Crippen LogP contribution in [0.5, 0.6) is 17.2 Å². The minimum absolute atomic E-state index is 0.00794. The maximum Gasteiger partial charge on any atom is 0.425 e. The SMILES string of the molecule is COc1ccc(CN(Cc2ccc(OC)cc2)c2ccc(C(F)(F)F)c(-c3c(Cl)c4c5c(nc(Cl)nc5c3F)N([C@H](C)c3cccnc3N(C(=O)OC(C)(C)C)C(=O)OC(C)(C)C)CCO4)n2)cc1. The molecule has 69 heavy (non-hydrogen) atoms. The Hall–Kier alpha value is -6.66. The standard InChI is InChI=1S/C49H49Cl2F4N7O7/c1-27(32-11-10-22-56-42(32)62(45(63)68-47(2,3)4)46(64)69-48(5,6)7)61-23-24-67-41-36-40(58-44(51)59-43(36)61)38(52)35(37(41)50)39-33(49(53,54)55)20-21-34(57-39)60(25-28-12-16-30(65-8)17-13-28)26-29-14-18-31(66-9)19-15-29/h10-22,27H,23-26H2,1-9H3/t27-/m1/s1. The second kappa shape index (κ2) is 19.7. The minimum Gasteiger partial charge on any atom is -0.497 e. The third kappa shape index (κ3) is 11.1. The average molecular weight is 995 g/mol.